The Morgan fingerprint density at radius 3 is 2.91 bits per heavy atom. The Kier molecular flexibility index (Phi) is 6.67. The van der Waals surface area contributed by atoms with Crippen LogP contribution in [0, 0.1) is 6.92 Å². The average Bonchev–Trinajstić information content (AvgIpc) is 2.49. The summed E-state index contributed by atoms with van der Waals surface area (Å²) in [5.74, 6) is 1.16. The molecule has 23 heavy (non-hydrogen) atoms. The smallest absolute Gasteiger partial charge is 0.320 e. The van der Waals surface area contributed by atoms with Gasteiger partial charge in [-0.05, 0) is 49.2 Å². The molecule has 2 rings (SSSR count). The van der Waals surface area contributed by atoms with Crippen LogP contribution in [0.5, 0.6) is 5.75 Å². The maximum Gasteiger partial charge on any atom is 0.320 e. The summed E-state index contributed by atoms with van der Waals surface area (Å²) in [6.45, 7) is 2.89. The van der Waals surface area contributed by atoms with E-state index >= 15 is 0 Å². The Morgan fingerprint density at radius 1 is 1.35 bits per heavy atom. The molecule has 0 radical (unpaired) electrons. The lowest BCUT2D eigenvalue weighted by molar-refractivity contribution is 0.250. The molecule has 1 aromatic heterocycles. The van der Waals surface area contributed by atoms with Gasteiger partial charge in [0.15, 0.2) is 0 Å². The van der Waals surface area contributed by atoms with E-state index < -0.39 is 0 Å². The highest BCUT2D eigenvalue weighted by Gasteiger charge is 2.04. The first kappa shape index (κ1) is 17.6. The number of hydrogen-bond acceptors (Lipinski definition) is 3. The second-order valence-electron chi connectivity index (χ2n) is 4.88. The topological polar surface area (TPSA) is 63.2 Å². The second kappa shape index (κ2) is 8.74. The SMILES string of the molecule is Cc1ccnc(NC(=O)NCCCOc2ccc(Br)cc2Cl)c1. The molecule has 2 aromatic rings. The number of nitrogens with zero attached hydrogens (tertiary/aromatic N) is 1. The van der Waals surface area contributed by atoms with E-state index in [0.29, 0.717) is 36.2 Å². The lowest BCUT2D eigenvalue weighted by Crippen LogP contribution is -2.30. The largest absolute Gasteiger partial charge is 0.492 e. The van der Waals surface area contributed by atoms with Crippen LogP contribution in [0.25, 0.3) is 0 Å². The number of urea groups is 1. The van der Waals surface area contributed by atoms with Gasteiger partial charge in [-0.3, -0.25) is 5.32 Å². The number of rotatable bonds is 6. The minimum absolute atomic E-state index is 0.287. The Morgan fingerprint density at radius 2 is 2.17 bits per heavy atom. The predicted octanol–water partition coefficient (Wildman–Crippen LogP) is 4.40. The maximum absolute atomic E-state index is 11.7. The minimum atomic E-state index is -0.287. The normalized spacial score (nSPS) is 10.2. The summed E-state index contributed by atoms with van der Waals surface area (Å²) in [5, 5.41) is 5.98. The molecular formula is C16H17BrClN3O2. The number of pyridine rings is 1. The fourth-order valence-corrected chi connectivity index (χ4v) is 2.54. The van der Waals surface area contributed by atoms with E-state index in [-0.39, 0.29) is 6.03 Å². The summed E-state index contributed by atoms with van der Waals surface area (Å²) >= 11 is 9.39. The second-order valence-corrected chi connectivity index (χ2v) is 6.20. The number of benzene rings is 1. The molecule has 0 saturated heterocycles. The Labute approximate surface area is 148 Å². The number of aromatic nitrogens is 1. The van der Waals surface area contributed by atoms with Crippen LogP contribution in [0.15, 0.2) is 41.0 Å². The van der Waals surface area contributed by atoms with Crippen LogP contribution >= 0.6 is 27.5 Å². The molecule has 1 heterocycles. The van der Waals surface area contributed by atoms with Crippen LogP contribution in [0.3, 0.4) is 0 Å². The molecule has 0 aliphatic heterocycles. The lowest BCUT2D eigenvalue weighted by Gasteiger charge is -2.09. The number of nitrogens with one attached hydrogen (secondary N) is 2. The predicted molar refractivity (Wildman–Crippen MR) is 95.3 cm³/mol. The van der Waals surface area contributed by atoms with Crippen molar-refractivity contribution in [3.63, 3.8) is 0 Å². The molecule has 0 spiro atoms. The molecule has 0 aliphatic rings. The molecule has 0 bridgehead atoms. The number of carbonyl (C=O) groups is 1. The number of aryl methyl sites for hydroxylation is 1. The van der Waals surface area contributed by atoms with Gasteiger partial charge in [0.2, 0.25) is 0 Å². The van der Waals surface area contributed by atoms with E-state index in [0.717, 1.165) is 10.0 Å². The van der Waals surface area contributed by atoms with Gasteiger partial charge in [-0.1, -0.05) is 27.5 Å². The summed E-state index contributed by atoms with van der Waals surface area (Å²) in [6.07, 6.45) is 2.32. The number of halogens is 2. The van der Waals surface area contributed by atoms with Crippen LogP contribution in [-0.4, -0.2) is 24.2 Å². The third-order valence-electron chi connectivity index (χ3n) is 2.92. The number of ether oxygens (including phenoxy) is 1. The molecule has 1 aromatic carbocycles. The molecule has 0 saturated carbocycles. The van der Waals surface area contributed by atoms with Gasteiger partial charge >= 0.3 is 6.03 Å². The van der Waals surface area contributed by atoms with Crippen molar-refractivity contribution < 1.29 is 9.53 Å². The van der Waals surface area contributed by atoms with E-state index in [9.17, 15) is 4.79 Å². The van der Waals surface area contributed by atoms with Gasteiger partial charge in [-0.25, -0.2) is 9.78 Å². The summed E-state index contributed by atoms with van der Waals surface area (Å²) < 4.78 is 6.47. The van der Waals surface area contributed by atoms with Crippen molar-refractivity contribution >= 4 is 39.4 Å². The lowest BCUT2D eigenvalue weighted by atomic mass is 10.3. The van der Waals surface area contributed by atoms with Crippen molar-refractivity contribution in [2.45, 2.75) is 13.3 Å². The molecule has 2 amide bonds. The summed E-state index contributed by atoms with van der Waals surface area (Å²) in [7, 11) is 0. The highest BCUT2D eigenvalue weighted by Crippen LogP contribution is 2.27. The number of anilines is 1. The fraction of sp³-hybridized carbons (Fsp3) is 0.250. The average molecular weight is 399 g/mol. The molecule has 0 aliphatic carbocycles. The molecule has 0 atom stereocenters. The fourth-order valence-electron chi connectivity index (χ4n) is 1.81. The van der Waals surface area contributed by atoms with Gasteiger partial charge in [-0.15, -0.1) is 0 Å². The number of amides is 2. The van der Waals surface area contributed by atoms with Gasteiger partial charge in [0.05, 0.1) is 11.6 Å². The standard InChI is InChI=1S/C16H17BrClN3O2/c1-11-5-7-19-15(9-11)21-16(22)20-6-2-8-23-14-4-3-12(17)10-13(14)18/h3-5,7,9-10H,2,6,8H2,1H3,(H2,19,20,21,22). The monoisotopic (exact) mass is 397 g/mol. The Balaban J connectivity index is 1.66. The van der Waals surface area contributed by atoms with Crippen LogP contribution in [-0.2, 0) is 0 Å². The zero-order chi connectivity index (χ0) is 16.7. The number of hydrogen-bond donors (Lipinski definition) is 2. The number of carbonyl (C=O) groups excluding carboxylic acids is 1. The minimum Gasteiger partial charge on any atom is -0.492 e. The summed E-state index contributed by atoms with van der Waals surface area (Å²) in [4.78, 5) is 15.8. The molecule has 0 fully saturated rings. The zero-order valence-electron chi connectivity index (χ0n) is 12.6. The van der Waals surface area contributed by atoms with Crippen molar-refractivity contribution in [3.8, 4) is 5.75 Å². The molecule has 7 heteroatoms. The first-order valence-electron chi connectivity index (χ1n) is 7.10. The Hall–Kier alpha value is -1.79. The molecule has 0 unspecified atom stereocenters. The van der Waals surface area contributed by atoms with Crippen molar-refractivity contribution in [1.29, 1.82) is 0 Å². The molecule has 2 N–H and O–H groups in total. The molecular weight excluding hydrogens is 382 g/mol. The van der Waals surface area contributed by atoms with E-state index in [1.54, 1.807) is 24.4 Å². The van der Waals surface area contributed by atoms with E-state index in [1.165, 1.54) is 0 Å². The van der Waals surface area contributed by atoms with Crippen molar-refractivity contribution in [2.24, 2.45) is 0 Å². The van der Waals surface area contributed by atoms with E-state index in [4.69, 9.17) is 16.3 Å². The highest BCUT2D eigenvalue weighted by molar-refractivity contribution is 9.10. The quantitative estimate of drug-likeness (QED) is 0.709. The van der Waals surface area contributed by atoms with Crippen molar-refractivity contribution in [1.82, 2.24) is 10.3 Å². The molecule has 5 nitrogen and oxygen atoms in total. The first-order chi connectivity index (χ1) is 11.0. The Bertz CT molecular complexity index is 682. The zero-order valence-corrected chi connectivity index (χ0v) is 14.9. The van der Waals surface area contributed by atoms with E-state index in [1.807, 2.05) is 19.1 Å². The van der Waals surface area contributed by atoms with Gasteiger partial charge in [-0.2, -0.15) is 0 Å². The maximum atomic E-state index is 11.7. The van der Waals surface area contributed by atoms with Crippen LogP contribution in [0.4, 0.5) is 10.6 Å². The highest BCUT2D eigenvalue weighted by atomic mass is 79.9. The third kappa shape index (κ3) is 6.08. The summed E-state index contributed by atoms with van der Waals surface area (Å²) in [6, 6.07) is 8.82. The van der Waals surface area contributed by atoms with Gasteiger partial charge in [0.1, 0.15) is 11.6 Å². The molecule has 122 valence electrons. The first-order valence-corrected chi connectivity index (χ1v) is 8.27. The van der Waals surface area contributed by atoms with Gasteiger partial charge in [0, 0.05) is 17.2 Å². The third-order valence-corrected chi connectivity index (χ3v) is 3.70. The van der Waals surface area contributed by atoms with Crippen molar-refractivity contribution in [3.05, 3.63) is 51.6 Å². The van der Waals surface area contributed by atoms with Crippen LogP contribution in [0.1, 0.15) is 12.0 Å². The van der Waals surface area contributed by atoms with Crippen LogP contribution in [0.2, 0.25) is 5.02 Å². The van der Waals surface area contributed by atoms with Gasteiger partial charge < -0.3 is 10.1 Å². The van der Waals surface area contributed by atoms with E-state index in [2.05, 4.69) is 31.5 Å². The van der Waals surface area contributed by atoms with Crippen LogP contribution < -0.4 is 15.4 Å². The summed E-state index contributed by atoms with van der Waals surface area (Å²) in [5.41, 5.74) is 1.04. The van der Waals surface area contributed by atoms with Crippen molar-refractivity contribution in [2.75, 3.05) is 18.5 Å². The van der Waals surface area contributed by atoms with Gasteiger partial charge in [0.25, 0.3) is 0 Å².